The number of ether oxygens (including phenoxy) is 1. The van der Waals surface area contributed by atoms with Crippen molar-refractivity contribution in [1.29, 1.82) is 0 Å². The van der Waals surface area contributed by atoms with Crippen LogP contribution >= 0.6 is 0 Å². The van der Waals surface area contributed by atoms with Gasteiger partial charge in [-0.05, 0) is 32.5 Å². The molecule has 2 aliphatic rings. The molecule has 0 aromatic rings. The van der Waals surface area contributed by atoms with Gasteiger partial charge in [0.05, 0.1) is 13.0 Å². The van der Waals surface area contributed by atoms with Gasteiger partial charge in [-0.25, -0.2) is 0 Å². The smallest absolute Gasteiger partial charge is 0.311 e. The number of likely N-dealkylation sites (N-methyl/N-ethyl adjacent to an activating group) is 1. The first-order valence-corrected chi connectivity index (χ1v) is 6.00. The molecule has 4 heteroatoms. The zero-order valence-electron chi connectivity index (χ0n) is 10.8. The van der Waals surface area contributed by atoms with E-state index in [0.717, 1.165) is 12.0 Å². The maximum atomic E-state index is 12.4. The number of allylic oxidation sites excluding steroid dienone is 1. The molecule has 0 radical (unpaired) electrons. The number of hydrogen-bond acceptors (Lipinski definition) is 4. The lowest BCUT2D eigenvalue weighted by Gasteiger charge is -2.39. The number of carbonyl (C=O) groups excluding carboxylic acids is 2. The molecule has 2 bridgehead atoms. The number of ketones is 1. The Kier molecular flexibility index (Phi) is 2.86. The third kappa shape index (κ3) is 1.33. The number of nitrogens with zero attached hydrogens (tertiary/aromatic N) is 1. The van der Waals surface area contributed by atoms with Gasteiger partial charge in [0.1, 0.15) is 5.54 Å². The van der Waals surface area contributed by atoms with Crippen LogP contribution in [0.3, 0.4) is 0 Å². The van der Waals surface area contributed by atoms with Gasteiger partial charge in [-0.2, -0.15) is 0 Å². The lowest BCUT2D eigenvalue weighted by Crippen LogP contribution is -2.55. The second-order valence-corrected chi connectivity index (χ2v) is 4.99. The molecule has 17 heavy (non-hydrogen) atoms. The normalized spacial score (nSPS) is 35.4. The number of hydrogen-bond donors (Lipinski definition) is 0. The summed E-state index contributed by atoms with van der Waals surface area (Å²) < 4.78 is 4.86. The maximum Gasteiger partial charge on any atom is 0.311 e. The molecule has 0 amide bonds. The van der Waals surface area contributed by atoms with Crippen molar-refractivity contribution < 1.29 is 14.3 Å². The van der Waals surface area contributed by atoms with Gasteiger partial charge in [-0.1, -0.05) is 13.0 Å². The van der Waals surface area contributed by atoms with Gasteiger partial charge in [-0.15, -0.1) is 0 Å². The molecule has 2 rings (SSSR count). The highest BCUT2D eigenvalue weighted by Crippen LogP contribution is 2.52. The summed E-state index contributed by atoms with van der Waals surface area (Å²) in [5.74, 6) is -0.556. The number of fused-ring (bicyclic) bond motifs is 2. The molecular formula is C13H19NO3. The summed E-state index contributed by atoms with van der Waals surface area (Å²) in [6.07, 6.45) is 3.43. The standard InChI is InChI=1S/C13H19NO3/c1-5-9-6-8-7-10(12(16)17-4)13(9,11(8)15)14(2)3/h6,8,10H,5,7H2,1-4H3/t8-,10-,13+/m1/s1. The number of esters is 1. The summed E-state index contributed by atoms with van der Waals surface area (Å²) >= 11 is 0. The minimum absolute atomic E-state index is 0.101. The lowest BCUT2D eigenvalue weighted by molar-refractivity contribution is -0.150. The SMILES string of the molecule is CCC1=C[C@@H]2C[C@H](C(=O)OC)[C@]1(N(C)C)C2=O. The summed E-state index contributed by atoms with van der Waals surface area (Å²) in [6.45, 7) is 2.03. The van der Waals surface area contributed by atoms with Crippen molar-refractivity contribution in [2.24, 2.45) is 11.8 Å². The van der Waals surface area contributed by atoms with Crippen molar-refractivity contribution in [3.05, 3.63) is 11.6 Å². The van der Waals surface area contributed by atoms with Crippen molar-refractivity contribution in [2.75, 3.05) is 21.2 Å². The minimum Gasteiger partial charge on any atom is -0.469 e. The number of Topliss-reactive ketones (excluding diaryl/α,β-unsaturated/α-hetero) is 1. The highest BCUT2D eigenvalue weighted by molar-refractivity contribution is 6.05. The van der Waals surface area contributed by atoms with Crippen LogP contribution in [0.4, 0.5) is 0 Å². The Labute approximate surface area is 102 Å². The Morgan fingerprint density at radius 1 is 1.59 bits per heavy atom. The molecule has 0 spiro atoms. The summed E-state index contributed by atoms with van der Waals surface area (Å²) in [4.78, 5) is 26.2. The zero-order chi connectivity index (χ0) is 12.8. The van der Waals surface area contributed by atoms with E-state index < -0.39 is 5.54 Å². The van der Waals surface area contributed by atoms with E-state index in [9.17, 15) is 9.59 Å². The van der Waals surface area contributed by atoms with Gasteiger partial charge in [0.25, 0.3) is 0 Å². The molecule has 0 heterocycles. The first-order valence-electron chi connectivity index (χ1n) is 6.00. The lowest BCUT2D eigenvalue weighted by atomic mass is 9.77. The summed E-state index contributed by atoms with van der Waals surface area (Å²) in [5.41, 5.74) is 0.325. The molecule has 0 saturated heterocycles. The molecule has 0 aromatic carbocycles. The highest BCUT2D eigenvalue weighted by atomic mass is 16.5. The van der Waals surface area contributed by atoms with Crippen LogP contribution in [-0.4, -0.2) is 43.4 Å². The second kappa shape index (κ2) is 3.95. The molecular weight excluding hydrogens is 218 g/mol. The van der Waals surface area contributed by atoms with Crippen molar-refractivity contribution in [3.8, 4) is 0 Å². The van der Waals surface area contributed by atoms with Gasteiger partial charge >= 0.3 is 5.97 Å². The molecule has 2 aliphatic carbocycles. The van der Waals surface area contributed by atoms with E-state index in [1.807, 2.05) is 32.0 Å². The molecule has 0 aromatic heterocycles. The molecule has 1 fully saturated rings. The Morgan fingerprint density at radius 2 is 2.24 bits per heavy atom. The van der Waals surface area contributed by atoms with Crippen LogP contribution in [0, 0.1) is 11.8 Å². The van der Waals surface area contributed by atoms with Gasteiger partial charge < -0.3 is 4.74 Å². The number of rotatable bonds is 3. The van der Waals surface area contributed by atoms with E-state index in [-0.39, 0.29) is 23.6 Å². The molecule has 0 unspecified atom stereocenters. The molecule has 3 atom stereocenters. The van der Waals surface area contributed by atoms with E-state index in [4.69, 9.17) is 4.74 Å². The largest absolute Gasteiger partial charge is 0.469 e. The topological polar surface area (TPSA) is 46.6 Å². The predicted octanol–water partition coefficient (Wildman–Crippen LogP) is 1.01. The number of methoxy groups -OCH3 is 1. The van der Waals surface area contributed by atoms with Gasteiger partial charge in [-0.3, -0.25) is 14.5 Å². The first-order chi connectivity index (χ1) is 7.99. The molecule has 4 nitrogen and oxygen atoms in total. The molecule has 1 saturated carbocycles. The van der Waals surface area contributed by atoms with Crippen molar-refractivity contribution >= 4 is 11.8 Å². The fraction of sp³-hybridized carbons (Fsp3) is 0.692. The predicted molar refractivity (Wildman–Crippen MR) is 63.4 cm³/mol. The summed E-state index contributed by atoms with van der Waals surface area (Å²) in [6, 6.07) is 0. The van der Waals surface area contributed by atoms with Gasteiger partial charge in [0, 0.05) is 5.92 Å². The van der Waals surface area contributed by atoms with E-state index in [2.05, 4.69) is 0 Å². The van der Waals surface area contributed by atoms with Crippen LogP contribution in [-0.2, 0) is 14.3 Å². The van der Waals surface area contributed by atoms with Crippen LogP contribution in [0.15, 0.2) is 11.6 Å². The van der Waals surface area contributed by atoms with Crippen LogP contribution in [0.2, 0.25) is 0 Å². The minimum atomic E-state index is -0.744. The van der Waals surface area contributed by atoms with Crippen molar-refractivity contribution in [3.63, 3.8) is 0 Å². The van der Waals surface area contributed by atoms with Gasteiger partial charge in [0.2, 0.25) is 0 Å². The van der Waals surface area contributed by atoms with Crippen molar-refractivity contribution in [2.45, 2.75) is 25.3 Å². The summed E-state index contributed by atoms with van der Waals surface area (Å²) in [7, 11) is 5.12. The van der Waals surface area contributed by atoms with E-state index in [1.165, 1.54) is 7.11 Å². The van der Waals surface area contributed by atoms with Crippen LogP contribution in [0.1, 0.15) is 19.8 Å². The second-order valence-electron chi connectivity index (χ2n) is 4.99. The van der Waals surface area contributed by atoms with Crippen LogP contribution in [0.25, 0.3) is 0 Å². The highest BCUT2D eigenvalue weighted by Gasteiger charge is 2.64. The molecule has 0 aliphatic heterocycles. The maximum absolute atomic E-state index is 12.4. The third-order valence-corrected chi connectivity index (χ3v) is 4.17. The fourth-order valence-corrected chi connectivity index (χ4v) is 3.50. The van der Waals surface area contributed by atoms with Crippen LogP contribution in [0.5, 0.6) is 0 Å². The first kappa shape index (κ1) is 12.3. The number of carbonyl (C=O) groups is 2. The Morgan fingerprint density at radius 3 is 2.71 bits per heavy atom. The average Bonchev–Trinajstić information content (AvgIpc) is 2.77. The Balaban J connectivity index is 2.51. The van der Waals surface area contributed by atoms with E-state index in [1.54, 1.807) is 0 Å². The monoisotopic (exact) mass is 237 g/mol. The van der Waals surface area contributed by atoms with E-state index in [0.29, 0.717) is 6.42 Å². The third-order valence-electron chi connectivity index (χ3n) is 4.17. The van der Waals surface area contributed by atoms with Crippen LogP contribution < -0.4 is 0 Å². The Bertz CT molecular complexity index is 399. The quantitative estimate of drug-likeness (QED) is 0.543. The Hall–Kier alpha value is -1.16. The molecule has 94 valence electrons. The van der Waals surface area contributed by atoms with E-state index >= 15 is 0 Å². The zero-order valence-corrected chi connectivity index (χ0v) is 10.8. The summed E-state index contributed by atoms with van der Waals surface area (Å²) in [5, 5.41) is 0. The molecule has 0 N–H and O–H groups in total. The van der Waals surface area contributed by atoms with Crippen molar-refractivity contribution in [1.82, 2.24) is 4.90 Å². The van der Waals surface area contributed by atoms with Gasteiger partial charge in [0.15, 0.2) is 5.78 Å². The fourth-order valence-electron chi connectivity index (χ4n) is 3.50. The average molecular weight is 237 g/mol.